The number of thioether (sulfide) groups is 1. The Labute approximate surface area is 114 Å². The molecule has 0 unspecified atom stereocenters. The first kappa shape index (κ1) is 13.9. The fourth-order valence-electron chi connectivity index (χ4n) is 1.66. The number of rotatable bonds is 4. The molecule has 100 valence electrons. The fraction of sp³-hybridized carbons (Fsp3) is 0.500. The van der Waals surface area contributed by atoms with E-state index in [2.05, 4.69) is 0 Å². The SMILES string of the molecule is O=C(O)Cc1ccc(S(=O)(=O)N2CCSCC2)s1. The highest BCUT2D eigenvalue weighted by Crippen LogP contribution is 2.26. The standard InChI is InChI=1S/C10H13NO4S3/c12-9(13)7-8-1-2-10(17-8)18(14,15)11-3-5-16-6-4-11/h1-2H,3-7H2,(H,12,13). The van der Waals surface area contributed by atoms with Crippen LogP contribution in [0.2, 0.25) is 0 Å². The first-order chi connectivity index (χ1) is 8.50. The van der Waals surface area contributed by atoms with Crippen molar-refractivity contribution in [2.75, 3.05) is 24.6 Å². The largest absolute Gasteiger partial charge is 0.481 e. The predicted molar refractivity (Wildman–Crippen MR) is 71.7 cm³/mol. The second kappa shape index (κ2) is 5.60. The average molecular weight is 307 g/mol. The maximum Gasteiger partial charge on any atom is 0.308 e. The van der Waals surface area contributed by atoms with E-state index in [1.165, 1.54) is 10.4 Å². The molecule has 1 aromatic rings. The summed E-state index contributed by atoms with van der Waals surface area (Å²) in [5.74, 6) is 0.675. The topological polar surface area (TPSA) is 74.7 Å². The van der Waals surface area contributed by atoms with Crippen LogP contribution in [0, 0.1) is 0 Å². The molecule has 2 rings (SSSR count). The molecule has 0 aliphatic carbocycles. The van der Waals surface area contributed by atoms with E-state index in [0.717, 1.165) is 22.8 Å². The Morgan fingerprint density at radius 1 is 1.33 bits per heavy atom. The molecular weight excluding hydrogens is 294 g/mol. The van der Waals surface area contributed by atoms with E-state index < -0.39 is 16.0 Å². The summed E-state index contributed by atoms with van der Waals surface area (Å²) in [6.07, 6.45) is -0.129. The average Bonchev–Trinajstić information content (AvgIpc) is 2.78. The van der Waals surface area contributed by atoms with Gasteiger partial charge in [0.05, 0.1) is 6.42 Å². The van der Waals surface area contributed by atoms with Crippen molar-refractivity contribution in [1.29, 1.82) is 0 Å². The number of aliphatic carboxylic acids is 1. The van der Waals surface area contributed by atoms with Crippen LogP contribution in [0.25, 0.3) is 0 Å². The van der Waals surface area contributed by atoms with Gasteiger partial charge in [-0.1, -0.05) is 0 Å². The molecule has 1 saturated heterocycles. The maximum absolute atomic E-state index is 12.3. The van der Waals surface area contributed by atoms with Crippen LogP contribution in [0.1, 0.15) is 4.88 Å². The van der Waals surface area contributed by atoms with Gasteiger partial charge in [-0.15, -0.1) is 11.3 Å². The molecule has 1 aromatic heterocycles. The van der Waals surface area contributed by atoms with Crippen molar-refractivity contribution >= 4 is 39.1 Å². The molecule has 1 aliphatic heterocycles. The van der Waals surface area contributed by atoms with E-state index in [0.29, 0.717) is 18.0 Å². The molecule has 18 heavy (non-hydrogen) atoms. The van der Waals surface area contributed by atoms with Crippen molar-refractivity contribution < 1.29 is 18.3 Å². The number of nitrogens with zero attached hydrogens (tertiary/aromatic N) is 1. The molecule has 1 N–H and O–H groups in total. The van der Waals surface area contributed by atoms with Crippen molar-refractivity contribution in [3.05, 3.63) is 17.0 Å². The summed E-state index contributed by atoms with van der Waals surface area (Å²) in [5, 5.41) is 8.67. The Morgan fingerprint density at radius 2 is 2.00 bits per heavy atom. The van der Waals surface area contributed by atoms with E-state index in [1.54, 1.807) is 17.8 Å². The summed E-state index contributed by atoms with van der Waals surface area (Å²) in [4.78, 5) is 11.1. The second-order valence-electron chi connectivity index (χ2n) is 3.81. The smallest absolute Gasteiger partial charge is 0.308 e. The molecule has 2 heterocycles. The Balaban J connectivity index is 2.18. The highest BCUT2D eigenvalue weighted by Gasteiger charge is 2.27. The van der Waals surface area contributed by atoms with Crippen molar-refractivity contribution in [1.82, 2.24) is 4.31 Å². The van der Waals surface area contributed by atoms with Gasteiger partial charge in [0.25, 0.3) is 10.0 Å². The number of thiophene rings is 1. The lowest BCUT2D eigenvalue weighted by atomic mass is 10.3. The van der Waals surface area contributed by atoms with Gasteiger partial charge in [-0.2, -0.15) is 16.1 Å². The minimum absolute atomic E-state index is 0.129. The predicted octanol–water partition coefficient (Wildman–Crippen LogP) is 1.11. The number of carbonyl (C=O) groups is 1. The van der Waals surface area contributed by atoms with Crippen LogP contribution < -0.4 is 0 Å². The molecule has 5 nitrogen and oxygen atoms in total. The van der Waals surface area contributed by atoms with Crippen LogP contribution in [0.3, 0.4) is 0 Å². The van der Waals surface area contributed by atoms with Gasteiger partial charge in [0.15, 0.2) is 0 Å². The molecule has 8 heteroatoms. The Bertz CT molecular complexity index is 531. The summed E-state index contributed by atoms with van der Waals surface area (Å²) >= 11 is 2.79. The van der Waals surface area contributed by atoms with Crippen LogP contribution in [0.4, 0.5) is 0 Å². The summed E-state index contributed by atoms with van der Waals surface area (Å²) in [6, 6.07) is 3.07. The molecule has 0 bridgehead atoms. The van der Waals surface area contributed by atoms with E-state index in [1.807, 2.05) is 0 Å². The zero-order chi connectivity index (χ0) is 13.2. The number of carboxylic acid groups (broad SMARTS) is 1. The molecular formula is C10H13NO4S3. The number of carboxylic acids is 1. The normalized spacial score (nSPS) is 17.8. The van der Waals surface area contributed by atoms with Crippen molar-refractivity contribution in [3.63, 3.8) is 0 Å². The highest BCUT2D eigenvalue weighted by atomic mass is 32.2. The fourth-order valence-corrected chi connectivity index (χ4v) is 5.73. The van der Waals surface area contributed by atoms with Crippen molar-refractivity contribution in [2.45, 2.75) is 10.6 Å². The van der Waals surface area contributed by atoms with Crippen LogP contribution >= 0.6 is 23.1 Å². The van der Waals surface area contributed by atoms with E-state index in [9.17, 15) is 13.2 Å². The molecule has 0 radical (unpaired) electrons. The molecule has 1 fully saturated rings. The summed E-state index contributed by atoms with van der Waals surface area (Å²) in [7, 11) is -3.43. The van der Waals surface area contributed by atoms with Gasteiger partial charge in [-0.25, -0.2) is 8.42 Å². The van der Waals surface area contributed by atoms with Gasteiger partial charge in [-0.05, 0) is 12.1 Å². The van der Waals surface area contributed by atoms with E-state index in [4.69, 9.17) is 5.11 Å². The Hall–Kier alpha value is -0.570. The minimum Gasteiger partial charge on any atom is -0.481 e. The second-order valence-corrected chi connectivity index (χ2v) is 8.37. The van der Waals surface area contributed by atoms with Gasteiger partial charge in [0, 0.05) is 29.5 Å². The maximum atomic E-state index is 12.3. The molecule has 0 amide bonds. The number of hydrogen-bond acceptors (Lipinski definition) is 5. The van der Waals surface area contributed by atoms with Crippen LogP contribution in [0.5, 0.6) is 0 Å². The highest BCUT2D eigenvalue weighted by molar-refractivity contribution is 7.99. The van der Waals surface area contributed by atoms with Crippen LogP contribution in [-0.2, 0) is 21.2 Å². The third-order valence-corrected chi connectivity index (χ3v) is 6.92. The summed E-state index contributed by atoms with van der Waals surface area (Å²) in [6.45, 7) is 1.05. The lowest BCUT2D eigenvalue weighted by molar-refractivity contribution is -0.136. The first-order valence-electron chi connectivity index (χ1n) is 5.38. The Morgan fingerprint density at radius 3 is 2.61 bits per heavy atom. The first-order valence-corrected chi connectivity index (χ1v) is 8.79. The molecule has 0 spiro atoms. The third kappa shape index (κ3) is 3.05. The van der Waals surface area contributed by atoms with Crippen molar-refractivity contribution in [3.8, 4) is 0 Å². The van der Waals surface area contributed by atoms with Gasteiger partial charge < -0.3 is 5.11 Å². The minimum atomic E-state index is -3.43. The zero-order valence-electron chi connectivity index (χ0n) is 9.53. The third-order valence-electron chi connectivity index (χ3n) is 2.53. The van der Waals surface area contributed by atoms with Gasteiger partial charge in [0.1, 0.15) is 4.21 Å². The Kier molecular flexibility index (Phi) is 4.31. The van der Waals surface area contributed by atoms with Gasteiger partial charge in [0.2, 0.25) is 0 Å². The summed E-state index contributed by atoms with van der Waals surface area (Å²) in [5.41, 5.74) is 0. The van der Waals surface area contributed by atoms with E-state index in [-0.39, 0.29) is 10.6 Å². The summed E-state index contributed by atoms with van der Waals surface area (Å²) < 4.78 is 26.2. The quantitative estimate of drug-likeness (QED) is 0.902. The molecule has 0 saturated carbocycles. The van der Waals surface area contributed by atoms with Crippen LogP contribution in [-0.4, -0.2) is 48.4 Å². The molecule has 0 atom stereocenters. The van der Waals surface area contributed by atoms with Crippen molar-refractivity contribution in [2.24, 2.45) is 0 Å². The number of hydrogen-bond donors (Lipinski definition) is 1. The van der Waals surface area contributed by atoms with Gasteiger partial charge >= 0.3 is 5.97 Å². The monoisotopic (exact) mass is 307 g/mol. The molecule has 1 aliphatic rings. The lowest BCUT2D eigenvalue weighted by Gasteiger charge is -2.24. The lowest BCUT2D eigenvalue weighted by Crippen LogP contribution is -2.37. The van der Waals surface area contributed by atoms with E-state index >= 15 is 0 Å². The zero-order valence-corrected chi connectivity index (χ0v) is 12.0. The molecule has 0 aromatic carbocycles. The van der Waals surface area contributed by atoms with Gasteiger partial charge in [-0.3, -0.25) is 4.79 Å². The number of sulfonamides is 1. The van der Waals surface area contributed by atoms with Crippen LogP contribution in [0.15, 0.2) is 16.3 Å².